The number of benzene rings is 1. The largest absolute Gasteiger partial charge is 0.481 e. The van der Waals surface area contributed by atoms with E-state index in [1.807, 2.05) is 31.3 Å². The van der Waals surface area contributed by atoms with Crippen LogP contribution in [0.15, 0.2) is 24.3 Å². The number of aromatic nitrogens is 2. The molecular formula is C14H16N2O2. The summed E-state index contributed by atoms with van der Waals surface area (Å²) in [4.78, 5) is 11.8. The van der Waals surface area contributed by atoms with Gasteiger partial charge in [-0.15, -0.1) is 0 Å². The molecule has 0 saturated heterocycles. The maximum atomic E-state index is 11.8. The molecular weight excluding hydrogens is 228 g/mol. The van der Waals surface area contributed by atoms with E-state index >= 15 is 0 Å². The maximum absolute atomic E-state index is 11.8. The lowest BCUT2D eigenvalue weighted by Gasteiger charge is -2.24. The van der Waals surface area contributed by atoms with Gasteiger partial charge in [-0.1, -0.05) is 31.0 Å². The Morgan fingerprint density at radius 2 is 2.00 bits per heavy atom. The molecule has 4 nitrogen and oxygen atoms in total. The Bertz CT molecular complexity index is 609. The molecule has 1 aliphatic rings. The van der Waals surface area contributed by atoms with Gasteiger partial charge >= 0.3 is 5.97 Å². The fourth-order valence-corrected chi connectivity index (χ4v) is 3.25. The van der Waals surface area contributed by atoms with Gasteiger partial charge in [0.25, 0.3) is 0 Å². The van der Waals surface area contributed by atoms with Gasteiger partial charge in [0.05, 0.1) is 11.2 Å². The zero-order valence-electron chi connectivity index (χ0n) is 10.4. The number of rotatable bonds is 2. The molecule has 0 radical (unpaired) electrons. The number of fused-ring (bicyclic) bond motifs is 1. The Morgan fingerprint density at radius 1 is 1.33 bits per heavy atom. The van der Waals surface area contributed by atoms with Crippen LogP contribution in [0.4, 0.5) is 0 Å². The lowest BCUT2D eigenvalue weighted by molar-refractivity contribution is -0.143. The predicted octanol–water partition coefficient (Wildman–Crippen LogP) is 2.47. The van der Waals surface area contributed by atoms with Crippen molar-refractivity contribution in [2.75, 3.05) is 0 Å². The SMILES string of the molecule is Cn1nc2ccccc2c1C1(C(=O)O)CCCC1. The van der Waals surface area contributed by atoms with E-state index in [1.54, 1.807) is 4.68 Å². The molecule has 3 rings (SSSR count). The fourth-order valence-electron chi connectivity index (χ4n) is 3.25. The number of hydrogen-bond donors (Lipinski definition) is 1. The first-order valence-corrected chi connectivity index (χ1v) is 6.31. The second kappa shape index (κ2) is 3.83. The molecule has 0 aliphatic heterocycles. The molecule has 0 unspecified atom stereocenters. The number of carbonyl (C=O) groups is 1. The summed E-state index contributed by atoms with van der Waals surface area (Å²) in [5, 5.41) is 15.1. The van der Waals surface area contributed by atoms with Gasteiger partial charge < -0.3 is 5.11 Å². The molecule has 4 heteroatoms. The molecule has 1 aliphatic carbocycles. The summed E-state index contributed by atoms with van der Waals surface area (Å²) in [6.07, 6.45) is 3.38. The van der Waals surface area contributed by atoms with Crippen molar-refractivity contribution >= 4 is 16.9 Å². The Kier molecular flexibility index (Phi) is 2.40. The summed E-state index contributed by atoms with van der Waals surface area (Å²) >= 11 is 0. The van der Waals surface area contributed by atoms with Gasteiger partial charge in [-0.05, 0) is 18.9 Å². The summed E-state index contributed by atoms with van der Waals surface area (Å²) in [7, 11) is 1.85. The molecule has 1 fully saturated rings. The van der Waals surface area contributed by atoms with Gasteiger partial charge in [-0.2, -0.15) is 5.10 Å². The van der Waals surface area contributed by atoms with E-state index in [0.29, 0.717) is 12.8 Å². The average Bonchev–Trinajstić information content (AvgIpc) is 2.92. The first kappa shape index (κ1) is 11.3. The normalized spacial score (nSPS) is 18.3. The quantitative estimate of drug-likeness (QED) is 0.882. The molecule has 18 heavy (non-hydrogen) atoms. The molecule has 1 N–H and O–H groups in total. The molecule has 1 aromatic carbocycles. The molecule has 2 aromatic rings. The second-order valence-corrected chi connectivity index (χ2v) is 5.08. The molecule has 94 valence electrons. The van der Waals surface area contributed by atoms with Crippen LogP contribution in [0.1, 0.15) is 31.4 Å². The van der Waals surface area contributed by atoms with Crippen molar-refractivity contribution in [1.29, 1.82) is 0 Å². The molecule has 0 amide bonds. The van der Waals surface area contributed by atoms with Crippen LogP contribution >= 0.6 is 0 Å². The number of carboxylic acid groups (broad SMARTS) is 1. The van der Waals surface area contributed by atoms with Gasteiger partial charge in [0.1, 0.15) is 5.41 Å². The zero-order valence-corrected chi connectivity index (χ0v) is 10.4. The number of carboxylic acids is 1. The van der Waals surface area contributed by atoms with Crippen LogP contribution in [0.25, 0.3) is 10.9 Å². The maximum Gasteiger partial charge on any atom is 0.315 e. The smallest absolute Gasteiger partial charge is 0.315 e. The minimum atomic E-state index is -0.745. The second-order valence-electron chi connectivity index (χ2n) is 5.08. The average molecular weight is 244 g/mol. The van der Waals surface area contributed by atoms with Crippen LogP contribution in [0, 0.1) is 0 Å². The first-order valence-electron chi connectivity index (χ1n) is 6.31. The first-order chi connectivity index (χ1) is 8.65. The van der Waals surface area contributed by atoms with Crippen LogP contribution in [0.3, 0.4) is 0 Å². The van der Waals surface area contributed by atoms with Crippen LogP contribution in [0.5, 0.6) is 0 Å². The minimum Gasteiger partial charge on any atom is -0.481 e. The third-order valence-corrected chi connectivity index (χ3v) is 4.06. The van der Waals surface area contributed by atoms with Crippen molar-refractivity contribution in [2.45, 2.75) is 31.1 Å². The van der Waals surface area contributed by atoms with Crippen molar-refractivity contribution in [3.8, 4) is 0 Å². The van der Waals surface area contributed by atoms with Crippen LogP contribution in [0.2, 0.25) is 0 Å². The zero-order chi connectivity index (χ0) is 12.8. The molecule has 1 aromatic heterocycles. The Morgan fingerprint density at radius 3 is 2.67 bits per heavy atom. The third-order valence-electron chi connectivity index (χ3n) is 4.06. The van der Waals surface area contributed by atoms with E-state index in [9.17, 15) is 9.90 Å². The highest BCUT2D eigenvalue weighted by Gasteiger charge is 2.46. The van der Waals surface area contributed by atoms with E-state index in [-0.39, 0.29) is 0 Å². The Balaban J connectivity index is 2.30. The van der Waals surface area contributed by atoms with Crippen LogP contribution in [-0.4, -0.2) is 20.9 Å². The lowest BCUT2D eigenvalue weighted by atomic mass is 9.81. The van der Waals surface area contributed by atoms with Crippen molar-refractivity contribution in [2.24, 2.45) is 7.05 Å². The van der Waals surface area contributed by atoms with E-state index in [4.69, 9.17) is 0 Å². The van der Waals surface area contributed by atoms with Crippen molar-refractivity contribution < 1.29 is 9.90 Å². The minimum absolute atomic E-state index is 0.714. The number of aliphatic carboxylic acids is 1. The monoisotopic (exact) mass is 244 g/mol. The highest BCUT2D eigenvalue weighted by molar-refractivity contribution is 5.91. The predicted molar refractivity (Wildman–Crippen MR) is 68.5 cm³/mol. The van der Waals surface area contributed by atoms with Gasteiger partial charge in [0.2, 0.25) is 0 Å². The summed E-state index contributed by atoms with van der Waals surface area (Å²) < 4.78 is 1.75. The number of hydrogen-bond acceptors (Lipinski definition) is 2. The third kappa shape index (κ3) is 1.38. The number of aryl methyl sites for hydroxylation is 1. The van der Waals surface area contributed by atoms with Crippen LogP contribution in [-0.2, 0) is 17.3 Å². The van der Waals surface area contributed by atoms with E-state index in [0.717, 1.165) is 29.4 Å². The van der Waals surface area contributed by atoms with Gasteiger partial charge in [0, 0.05) is 12.4 Å². The molecule has 0 bridgehead atoms. The van der Waals surface area contributed by atoms with E-state index < -0.39 is 11.4 Å². The topological polar surface area (TPSA) is 55.1 Å². The summed E-state index contributed by atoms with van der Waals surface area (Å²) in [5.74, 6) is -0.714. The van der Waals surface area contributed by atoms with Crippen LogP contribution < -0.4 is 0 Å². The molecule has 0 spiro atoms. The van der Waals surface area contributed by atoms with Gasteiger partial charge in [-0.25, -0.2) is 0 Å². The van der Waals surface area contributed by atoms with Gasteiger partial charge in [0.15, 0.2) is 0 Å². The standard InChI is InChI=1S/C14H16N2O2/c1-16-12(10-6-2-3-7-11(10)15-16)14(13(17)18)8-4-5-9-14/h2-3,6-7H,4-5,8-9H2,1H3,(H,17,18). The molecule has 1 heterocycles. The highest BCUT2D eigenvalue weighted by Crippen LogP contribution is 2.43. The van der Waals surface area contributed by atoms with Crippen molar-refractivity contribution in [1.82, 2.24) is 9.78 Å². The Hall–Kier alpha value is -1.84. The molecule has 1 saturated carbocycles. The number of nitrogens with zero attached hydrogens (tertiary/aromatic N) is 2. The highest BCUT2D eigenvalue weighted by atomic mass is 16.4. The van der Waals surface area contributed by atoms with E-state index in [1.165, 1.54) is 0 Å². The fraction of sp³-hybridized carbons (Fsp3) is 0.429. The summed E-state index contributed by atoms with van der Waals surface area (Å²) in [5.41, 5.74) is 0.996. The lowest BCUT2D eigenvalue weighted by Crippen LogP contribution is -2.35. The summed E-state index contributed by atoms with van der Waals surface area (Å²) in [6.45, 7) is 0. The molecule has 0 atom stereocenters. The van der Waals surface area contributed by atoms with Crippen molar-refractivity contribution in [3.63, 3.8) is 0 Å². The van der Waals surface area contributed by atoms with E-state index in [2.05, 4.69) is 5.10 Å². The summed E-state index contributed by atoms with van der Waals surface area (Å²) in [6, 6.07) is 7.78. The van der Waals surface area contributed by atoms with Gasteiger partial charge in [-0.3, -0.25) is 9.48 Å². The Labute approximate surface area is 105 Å². The van der Waals surface area contributed by atoms with Crippen molar-refractivity contribution in [3.05, 3.63) is 30.0 Å².